The molecular formula is C14H20N2O. The van der Waals surface area contributed by atoms with E-state index in [-0.39, 0.29) is 5.91 Å². The SMILES string of the molecule is CC1CCN(C(=O)c2ccc(CN)cc2)C1C. The Morgan fingerprint density at radius 1 is 1.35 bits per heavy atom. The molecule has 0 aromatic heterocycles. The second kappa shape index (κ2) is 4.88. The van der Waals surface area contributed by atoms with Gasteiger partial charge < -0.3 is 10.6 Å². The summed E-state index contributed by atoms with van der Waals surface area (Å²) in [6.07, 6.45) is 1.10. The van der Waals surface area contributed by atoms with Crippen LogP contribution in [-0.2, 0) is 6.54 Å². The highest BCUT2D eigenvalue weighted by Crippen LogP contribution is 2.25. The van der Waals surface area contributed by atoms with Gasteiger partial charge in [0.1, 0.15) is 0 Å². The van der Waals surface area contributed by atoms with Crippen molar-refractivity contribution >= 4 is 5.91 Å². The number of benzene rings is 1. The van der Waals surface area contributed by atoms with E-state index in [0.717, 1.165) is 24.1 Å². The molecule has 0 spiro atoms. The molecule has 0 aliphatic carbocycles. The Balaban J connectivity index is 2.14. The van der Waals surface area contributed by atoms with Gasteiger partial charge >= 0.3 is 0 Å². The number of nitrogens with two attached hydrogens (primary N) is 1. The van der Waals surface area contributed by atoms with Crippen molar-refractivity contribution in [1.29, 1.82) is 0 Å². The predicted molar refractivity (Wildman–Crippen MR) is 68.6 cm³/mol. The van der Waals surface area contributed by atoms with Crippen LogP contribution in [0.4, 0.5) is 0 Å². The standard InChI is InChI=1S/C14H20N2O/c1-10-7-8-16(11(10)2)14(17)13-5-3-12(9-15)4-6-13/h3-6,10-11H,7-9,15H2,1-2H3. The summed E-state index contributed by atoms with van der Waals surface area (Å²) in [4.78, 5) is 14.3. The van der Waals surface area contributed by atoms with E-state index in [2.05, 4.69) is 13.8 Å². The summed E-state index contributed by atoms with van der Waals surface area (Å²) < 4.78 is 0. The number of hydrogen-bond acceptors (Lipinski definition) is 2. The first-order valence-electron chi connectivity index (χ1n) is 6.23. The van der Waals surface area contributed by atoms with Crippen LogP contribution in [0.3, 0.4) is 0 Å². The lowest BCUT2D eigenvalue weighted by atomic mass is 10.0. The molecule has 3 heteroatoms. The highest BCUT2D eigenvalue weighted by Gasteiger charge is 2.31. The van der Waals surface area contributed by atoms with E-state index < -0.39 is 0 Å². The van der Waals surface area contributed by atoms with E-state index in [0.29, 0.717) is 18.5 Å². The third-order valence-electron chi connectivity index (χ3n) is 3.84. The molecule has 1 aliphatic heterocycles. The van der Waals surface area contributed by atoms with Gasteiger partial charge in [-0.3, -0.25) is 4.79 Å². The molecule has 2 unspecified atom stereocenters. The zero-order valence-corrected chi connectivity index (χ0v) is 10.5. The van der Waals surface area contributed by atoms with E-state index in [1.54, 1.807) is 0 Å². The van der Waals surface area contributed by atoms with Crippen molar-refractivity contribution in [3.63, 3.8) is 0 Å². The lowest BCUT2D eigenvalue weighted by Crippen LogP contribution is -2.35. The number of rotatable bonds is 2. The van der Waals surface area contributed by atoms with E-state index in [1.165, 1.54) is 0 Å². The highest BCUT2D eigenvalue weighted by atomic mass is 16.2. The number of carbonyl (C=O) groups is 1. The summed E-state index contributed by atoms with van der Waals surface area (Å²) in [5.41, 5.74) is 7.37. The van der Waals surface area contributed by atoms with Crippen LogP contribution in [-0.4, -0.2) is 23.4 Å². The van der Waals surface area contributed by atoms with Crippen molar-refractivity contribution in [1.82, 2.24) is 4.90 Å². The van der Waals surface area contributed by atoms with Crippen molar-refractivity contribution in [2.24, 2.45) is 11.7 Å². The molecule has 92 valence electrons. The Bertz CT molecular complexity index is 399. The molecule has 0 bridgehead atoms. The zero-order valence-electron chi connectivity index (χ0n) is 10.5. The molecule has 2 N–H and O–H groups in total. The Labute approximate surface area is 103 Å². The monoisotopic (exact) mass is 232 g/mol. The molecule has 1 aromatic rings. The first-order valence-corrected chi connectivity index (χ1v) is 6.23. The smallest absolute Gasteiger partial charge is 0.254 e. The fourth-order valence-corrected chi connectivity index (χ4v) is 2.33. The van der Waals surface area contributed by atoms with Crippen LogP contribution in [0.2, 0.25) is 0 Å². The summed E-state index contributed by atoms with van der Waals surface area (Å²) in [6.45, 7) is 5.73. The summed E-state index contributed by atoms with van der Waals surface area (Å²) in [5, 5.41) is 0. The lowest BCUT2D eigenvalue weighted by Gasteiger charge is -2.23. The number of carbonyl (C=O) groups excluding carboxylic acids is 1. The van der Waals surface area contributed by atoms with Crippen molar-refractivity contribution in [3.8, 4) is 0 Å². The summed E-state index contributed by atoms with van der Waals surface area (Å²) in [5.74, 6) is 0.743. The summed E-state index contributed by atoms with van der Waals surface area (Å²) in [7, 11) is 0. The number of hydrogen-bond donors (Lipinski definition) is 1. The van der Waals surface area contributed by atoms with Crippen LogP contribution in [0.15, 0.2) is 24.3 Å². The molecule has 1 aromatic carbocycles. The normalized spacial score (nSPS) is 24.1. The van der Waals surface area contributed by atoms with Gasteiger partial charge in [-0.1, -0.05) is 19.1 Å². The van der Waals surface area contributed by atoms with E-state index in [1.807, 2.05) is 29.2 Å². The Morgan fingerprint density at radius 3 is 2.47 bits per heavy atom. The van der Waals surface area contributed by atoms with E-state index in [9.17, 15) is 4.79 Å². The molecule has 2 atom stereocenters. The highest BCUT2D eigenvalue weighted by molar-refractivity contribution is 5.94. The average Bonchev–Trinajstić information content (AvgIpc) is 2.69. The zero-order chi connectivity index (χ0) is 12.4. The van der Waals surface area contributed by atoms with Gasteiger partial charge in [-0.15, -0.1) is 0 Å². The molecule has 2 rings (SSSR count). The number of nitrogens with zero attached hydrogens (tertiary/aromatic N) is 1. The summed E-state index contributed by atoms with van der Waals surface area (Å²) >= 11 is 0. The second-order valence-electron chi connectivity index (χ2n) is 4.91. The first-order chi connectivity index (χ1) is 8.13. The number of likely N-dealkylation sites (tertiary alicyclic amines) is 1. The maximum absolute atomic E-state index is 12.3. The van der Waals surface area contributed by atoms with E-state index >= 15 is 0 Å². The van der Waals surface area contributed by atoms with Crippen molar-refractivity contribution < 1.29 is 4.79 Å². The van der Waals surface area contributed by atoms with Crippen molar-refractivity contribution in [3.05, 3.63) is 35.4 Å². The molecule has 1 fully saturated rings. The van der Waals surface area contributed by atoms with Crippen LogP contribution in [0.25, 0.3) is 0 Å². The van der Waals surface area contributed by atoms with Crippen LogP contribution in [0.1, 0.15) is 36.2 Å². The fourth-order valence-electron chi connectivity index (χ4n) is 2.33. The van der Waals surface area contributed by atoms with Crippen molar-refractivity contribution in [2.75, 3.05) is 6.54 Å². The van der Waals surface area contributed by atoms with Crippen LogP contribution in [0, 0.1) is 5.92 Å². The van der Waals surface area contributed by atoms with Crippen LogP contribution < -0.4 is 5.73 Å². The van der Waals surface area contributed by atoms with Crippen molar-refractivity contribution in [2.45, 2.75) is 32.9 Å². The van der Waals surface area contributed by atoms with Crippen LogP contribution >= 0.6 is 0 Å². The molecular weight excluding hydrogens is 212 g/mol. The predicted octanol–water partition coefficient (Wildman–Crippen LogP) is 2.02. The molecule has 1 heterocycles. The molecule has 17 heavy (non-hydrogen) atoms. The van der Waals surface area contributed by atoms with Gasteiger partial charge in [-0.25, -0.2) is 0 Å². The summed E-state index contributed by atoms with van der Waals surface area (Å²) in [6, 6.07) is 7.95. The van der Waals surface area contributed by atoms with Gasteiger partial charge in [0.25, 0.3) is 5.91 Å². The molecule has 3 nitrogen and oxygen atoms in total. The van der Waals surface area contributed by atoms with E-state index in [4.69, 9.17) is 5.73 Å². The van der Waals surface area contributed by atoms with Gasteiger partial charge in [0.05, 0.1) is 0 Å². The topological polar surface area (TPSA) is 46.3 Å². The van der Waals surface area contributed by atoms with Gasteiger partial charge in [0, 0.05) is 24.7 Å². The Morgan fingerprint density at radius 2 is 2.00 bits per heavy atom. The second-order valence-corrected chi connectivity index (χ2v) is 4.91. The fraction of sp³-hybridized carbons (Fsp3) is 0.500. The maximum Gasteiger partial charge on any atom is 0.254 e. The minimum Gasteiger partial charge on any atom is -0.336 e. The lowest BCUT2D eigenvalue weighted by molar-refractivity contribution is 0.0735. The average molecular weight is 232 g/mol. The molecule has 1 saturated heterocycles. The molecule has 1 aliphatic rings. The van der Waals surface area contributed by atoms with Gasteiger partial charge in [0.15, 0.2) is 0 Å². The molecule has 0 saturated carbocycles. The van der Waals surface area contributed by atoms with Gasteiger partial charge in [0.2, 0.25) is 0 Å². The Hall–Kier alpha value is -1.35. The first kappa shape index (κ1) is 12.1. The quantitative estimate of drug-likeness (QED) is 0.848. The molecule has 1 amide bonds. The third-order valence-corrected chi connectivity index (χ3v) is 3.84. The largest absolute Gasteiger partial charge is 0.336 e. The Kier molecular flexibility index (Phi) is 3.48. The number of amides is 1. The van der Waals surface area contributed by atoms with Crippen LogP contribution in [0.5, 0.6) is 0 Å². The van der Waals surface area contributed by atoms with Gasteiger partial charge in [-0.05, 0) is 37.0 Å². The minimum absolute atomic E-state index is 0.144. The maximum atomic E-state index is 12.3. The minimum atomic E-state index is 0.144. The van der Waals surface area contributed by atoms with Gasteiger partial charge in [-0.2, -0.15) is 0 Å². The molecule has 0 radical (unpaired) electrons. The third kappa shape index (κ3) is 2.34.